The Hall–Kier alpha value is -1.73. The molecule has 1 N–H and O–H groups in total. The summed E-state index contributed by atoms with van der Waals surface area (Å²) in [4.78, 5) is 13.1. The van der Waals surface area contributed by atoms with Gasteiger partial charge in [0.05, 0.1) is 24.8 Å². The lowest BCUT2D eigenvalue weighted by molar-refractivity contribution is -0.136. The summed E-state index contributed by atoms with van der Waals surface area (Å²) in [5.41, 5.74) is 4.10. The molecule has 1 aromatic heterocycles. The molecule has 3 aromatic rings. The molecule has 36 heavy (non-hydrogen) atoms. The number of aliphatic carboxylic acids is 1. The van der Waals surface area contributed by atoms with Gasteiger partial charge in [0.25, 0.3) is 0 Å². The van der Waals surface area contributed by atoms with E-state index in [2.05, 4.69) is 73.4 Å². The lowest BCUT2D eigenvalue weighted by atomic mass is 10.0. The molecule has 0 unspecified atom stereocenters. The van der Waals surface area contributed by atoms with E-state index in [4.69, 9.17) is 14.4 Å². The van der Waals surface area contributed by atoms with Crippen molar-refractivity contribution in [3.63, 3.8) is 0 Å². The molecule has 1 saturated heterocycles. The van der Waals surface area contributed by atoms with Crippen LogP contribution in [0.2, 0.25) is 0 Å². The first kappa shape index (κ1) is 24.6. The number of piperidine rings is 1. The maximum absolute atomic E-state index is 14.8. The molecule has 6 rings (SSSR count). The second-order valence-electron chi connectivity index (χ2n) is 9.99. The van der Waals surface area contributed by atoms with Crippen molar-refractivity contribution in [3.05, 3.63) is 66.2 Å². The van der Waals surface area contributed by atoms with E-state index < -0.39 is 5.97 Å². The number of hydrogen-bond acceptors (Lipinski definition) is 5. The average molecular weight is 714 g/mol. The van der Waals surface area contributed by atoms with Crippen LogP contribution in [0, 0.1) is 18.9 Å². The van der Waals surface area contributed by atoms with Gasteiger partial charge in [-0.25, -0.2) is 4.39 Å². The smallest absolute Gasteiger partial charge is 0.307 e. The quantitative estimate of drug-likeness (QED) is 0.274. The van der Waals surface area contributed by atoms with Crippen LogP contribution < -0.4 is 4.90 Å². The van der Waals surface area contributed by atoms with Gasteiger partial charge in [0, 0.05) is 42.7 Å². The fraction of sp³-hybridized carbons (Fsp3) is 0.407. The van der Waals surface area contributed by atoms with Gasteiger partial charge in [-0.15, -0.1) is 0 Å². The van der Waals surface area contributed by atoms with Crippen LogP contribution in [-0.2, 0) is 22.6 Å². The second kappa shape index (κ2) is 9.86. The maximum Gasteiger partial charge on any atom is 0.307 e. The largest absolute Gasteiger partial charge is 0.481 e. The van der Waals surface area contributed by atoms with Crippen molar-refractivity contribution >= 4 is 56.8 Å². The van der Waals surface area contributed by atoms with E-state index in [0.717, 1.165) is 61.9 Å². The van der Waals surface area contributed by atoms with Crippen molar-refractivity contribution < 1.29 is 23.6 Å². The number of halogens is 3. The van der Waals surface area contributed by atoms with Gasteiger partial charge in [-0.1, -0.05) is 17.3 Å². The number of hydrogen-bond donors (Lipinski definition) is 1. The number of carbonyl (C=O) groups is 1. The van der Waals surface area contributed by atoms with Crippen LogP contribution >= 0.6 is 45.2 Å². The normalized spacial score (nSPS) is 23.0. The molecule has 9 heteroatoms. The van der Waals surface area contributed by atoms with E-state index in [-0.39, 0.29) is 24.4 Å². The van der Waals surface area contributed by atoms with Gasteiger partial charge in [0.15, 0.2) is 0 Å². The average Bonchev–Trinajstić information content (AvgIpc) is 3.28. The number of benzene rings is 2. The topological polar surface area (TPSA) is 75.8 Å². The highest BCUT2D eigenvalue weighted by molar-refractivity contribution is 14.1. The van der Waals surface area contributed by atoms with Gasteiger partial charge >= 0.3 is 5.97 Å². The maximum atomic E-state index is 14.8. The lowest BCUT2D eigenvalue weighted by Crippen LogP contribution is -2.39. The Labute approximate surface area is 235 Å². The first-order valence-corrected chi connectivity index (χ1v) is 14.4. The van der Waals surface area contributed by atoms with Crippen molar-refractivity contribution in [1.29, 1.82) is 0 Å². The Morgan fingerprint density at radius 3 is 2.61 bits per heavy atom. The monoisotopic (exact) mass is 714 g/mol. The minimum Gasteiger partial charge on any atom is -0.481 e. The van der Waals surface area contributed by atoms with Gasteiger partial charge in [0.2, 0.25) is 0 Å². The van der Waals surface area contributed by atoms with Crippen LogP contribution in [-0.4, -0.2) is 34.9 Å². The number of anilines is 1. The Morgan fingerprint density at radius 2 is 1.97 bits per heavy atom. The first-order chi connectivity index (χ1) is 17.4. The summed E-state index contributed by atoms with van der Waals surface area (Å²) in [6.07, 6.45) is 4.02. The van der Waals surface area contributed by atoms with Crippen LogP contribution in [0.4, 0.5) is 10.1 Å². The number of nitrogens with zero attached hydrogens (tertiary/aromatic N) is 2. The van der Waals surface area contributed by atoms with Gasteiger partial charge in [0.1, 0.15) is 17.3 Å². The highest BCUT2D eigenvalue weighted by Crippen LogP contribution is 2.47. The minimum absolute atomic E-state index is 0.115. The third-order valence-electron chi connectivity index (χ3n) is 7.56. The third kappa shape index (κ3) is 4.66. The SMILES string of the molecule is O=C(O)Cc1ccc(N2C[C@@H]3C[C@H]2C[C@H]3OCc2c(-c3c(I)cccc3I)noc2C2CC2)c(F)c1. The fourth-order valence-corrected chi connectivity index (χ4v) is 7.74. The molecule has 2 saturated carbocycles. The molecule has 6 nitrogen and oxygen atoms in total. The Balaban J connectivity index is 1.17. The molecule has 3 fully saturated rings. The van der Waals surface area contributed by atoms with Crippen LogP contribution in [0.15, 0.2) is 40.9 Å². The predicted octanol–water partition coefficient (Wildman–Crippen LogP) is 6.38. The zero-order valence-electron chi connectivity index (χ0n) is 19.4. The number of carboxylic acids is 1. The Bertz CT molecular complexity index is 1300. The zero-order chi connectivity index (χ0) is 25.0. The Morgan fingerprint density at radius 1 is 1.19 bits per heavy atom. The molecule has 2 bridgehead atoms. The van der Waals surface area contributed by atoms with Gasteiger partial charge in [-0.2, -0.15) is 0 Å². The molecular weight excluding hydrogens is 689 g/mol. The van der Waals surface area contributed by atoms with Crippen LogP contribution in [0.1, 0.15) is 48.5 Å². The summed E-state index contributed by atoms with van der Waals surface area (Å²) >= 11 is 4.71. The van der Waals surface area contributed by atoms with Gasteiger partial charge < -0.3 is 19.3 Å². The molecular formula is C27H25FI2N2O4. The van der Waals surface area contributed by atoms with E-state index in [1.165, 1.54) is 6.07 Å². The number of fused-ring (bicyclic) bond motifs is 2. The zero-order valence-corrected chi connectivity index (χ0v) is 23.7. The van der Waals surface area contributed by atoms with Gasteiger partial charge in [-0.05, 0) is 101 Å². The molecule has 2 heterocycles. The lowest BCUT2D eigenvalue weighted by Gasteiger charge is -2.33. The summed E-state index contributed by atoms with van der Waals surface area (Å²) in [7, 11) is 0. The van der Waals surface area contributed by atoms with E-state index in [9.17, 15) is 9.18 Å². The highest BCUT2D eigenvalue weighted by Gasteiger charge is 2.46. The van der Waals surface area contributed by atoms with E-state index >= 15 is 0 Å². The molecule has 2 aromatic carbocycles. The van der Waals surface area contributed by atoms with Crippen molar-refractivity contribution in [1.82, 2.24) is 5.16 Å². The molecule has 3 aliphatic rings. The number of ether oxygens (including phenoxy) is 1. The van der Waals surface area contributed by atoms with Crippen molar-refractivity contribution in [2.45, 2.75) is 56.8 Å². The second-order valence-corrected chi connectivity index (χ2v) is 12.3. The van der Waals surface area contributed by atoms with Crippen LogP contribution in [0.25, 0.3) is 11.3 Å². The number of rotatable bonds is 8. The summed E-state index contributed by atoms with van der Waals surface area (Å²) in [6.45, 7) is 1.21. The number of carboxylic acid groups (broad SMARTS) is 1. The fourth-order valence-electron chi connectivity index (χ4n) is 5.71. The minimum atomic E-state index is -0.958. The Kier molecular flexibility index (Phi) is 6.74. The predicted molar refractivity (Wildman–Crippen MR) is 150 cm³/mol. The third-order valence-corrected chi connectivity index (χ3v) is 9.36. The van der Waals surface area contributed by atoms with E-state index in [0.29, 0.717) is 29.7 Å². The standard InChI is InChI=1S/C27H25FI2N2O4/c28-19-8-14(9-24(33)34)4-7-22(19)32-12-16-10-17(32)11-23(16)35-13-18-26(31-36-27(18)15-5-6-15)25-20(29)2-1-3-21(25)30/h1-4,7-8,15-17,23H,5-6,9-13H2,(H,33,34)/t16-,17-,23+/m0/s1. The summed E-state index contributed by atoms with van der Waals surface area (Å²) in [6, 6.07) is 11.2. The van der Waals surface area contributed by atoms with E-state index in [1.54, 1.807) is 12.1 Å². The van der Waals surface area contributed by atoms with Crippen molar-refractivity contribution in [3.8, 4) is 11.3 Å². The highest BCUT2D eigenvalue weighted by atomic mass is 127. The summed E-state index contributed by atoms with van der Waals surface area (Å²) < 4.78 is 29.5. The summed E-state index contributed by atoms with van der Waals surface area (Å²) in [5.74, 6) is 0.423. The molecule has 1 aliphatic heterocycles. The molecule has 0 spiro atoms. The van der Waals surface area contributed by atoms with E-state index in [1.807, 2.05) is 0 Å². The van der Waals surface area contributed by atoms with Crippen LogP contribution in [0.5, 0.6) is 0 Å². The molecule has 2 aliphatic carbocycles. The van der Waals surface area contributed by atoms with Gasteiger partial charge in [-0.3, -0.25) is 4.79 Å². The van der Waals surface area contributed by atoms with Crippen molar-refractivity contribution in [2.75, 3.05) is 11.4 Å². The van der Waals surface area contributed by atoms with Crippen molar-refractivity contribution in [2.24, 2.45) is 5.92 Å². The molecule has 3 atom stereocenters. The van der Waals surface area contributed by atoms with Crippen LogP contribution in [0.3, 0.4) is 0 Å². The summed E-state index contributed by atoms with van der Waals surface area (Å²) in [5, 5.41) is 13.5. The molecule has 0 amide bonds. The first-order valence-electron chi connectivity index (χ1n) is 12.2. The number of aromatic nitrogens is 1. The molecule has 0 radical (unpaired) electrons. The molecule has 188 valence electrons.